The Morgan fingerprint density at radius 1 is 1.30 bits per heavy atom. The average molecular weight is 453 g/mol. The van der Waals surface area contributed by atoms with Crippen LogP contribution in [0.1, 0.15) is 68.7 Å². The molecule has 1 aromatic carbocycles. The third kappa shape index (κ3) is 4.24. The Morgan fingerprint density at radius 2 is 2.12 bits per heavy atom. The van der Waals surface area contributed by atoms with Gasteiger partial charge in [0.15, 0.2) is 11.6 Å². The van der Waals surface area contributed by atoms with Crippen LogP contribution in [0.4, 0.5) is 21.8 Å². The van der Waals surface area contributed by atoms with Crippen LogP contribution in [0, 0.1) is 5.82 Å². The quantitative estimate of drug-likeness (QED) is 0.529. The van der Waals surface area contributed by atoms with Gasteiger partial charge in [0.2, 0.25) is 5.95 Å². The maximum Gasteiger partial charge on any atom is 0.251 e. The van der Waals surface area contributed by atoms with Crippen LogP contribution < -0.4 is 15.5 Å². The van der Waals surface area contributed by atoms with Gasteiger partial charge in [0, 0.05) is 18.7 Å². The van der Waals surface area contributed by atoms with E-state index < -0.39 is 5.82 Å². The van der Waals surface area contributed by atoms with Crippen LogP contribution in [0.15, 0.2) is 30.7 Å². The molecular weight excluding hydrogens is 423 g/mol. The summed E-state index contributed by atoms with van der Waals surface area (Å²) in [4.78, 5) is 23.3. The van der Waals surface area contributed by atoms with Gasteiger partial charge in [-0.3, -0.25) is 9.36 Å². The fourth-order valence-corrected chi connectivity index (χ4v) is 4.27. The molecule has 174 valence electrons. The molecular formula is C23H29FN8O. The zero-order chi connectivity index (χ0) is 23.5. The van der Waals surface area contributed by atoms with Crippen molar-refractivity contribution in [2.24, 2.45) is 0 Å². The lowest BCUT2D eigenvalue weighted by atomic mass is 10.0. The van der Waals surface area contributed by atoms with Gasteiger partial charge in [0.05, 0.1) is 17.9 Å². The highest BCUT2D eigenvalue weighted by atomic mass is 19.1. The Kier molecular flexibility index (Phi) is 6.52. The lowest BCUT2D eigenvalue weighted by Gasteiger charge is -2.40. The molecule has 2 aromatic heterocycles. The fraction of sp³-hybridized carbons (Fsp3) is 0.435. The summed E-state index contributed by atoms with van der Waals surface area (Å²) >= 11 is 0. The van der Waals surface area contributed by atoms with E-state index in [2.05, 4.69) is 51.5 Å². The molecule has 0 bridgehead atoms. The topological polar surface area (TPSA) is 101 Å². The van der Waals surface area contributed by atoms with Crippen LogP contribution in [0.25, 0.3) is 5.69 Å². The predicted octanol–water partition coefficient (Wildman–Crippen LogP) is 4.15. The first-order valence-corrected chi connectivity index (χ1v) is 11.3. The molecule has 0 radical (unpaired) electrons. The largest absolute Gasteiger partial charge is 0.355 e. The van der Waals surface area contributed by atoms with Gasteiger partial charge in [0.25, 0.3) is 5.91 Å². The van der Waals surface area contributed by atoms with Crippen LogP contribution in [0.3, 0.4) is 0 Å². The highest BCUT2D eigenvalue weighted by Gasteiger charge is 2.36. The summed E-state index contributed by atoms with van der Waals surface area (Å²) in [5, 5.41) is 13.9. The van der Waals surface area contributed by atoms with Crippen LogP contribution in [-0.4, -0.2) is 43.7 Å². The molecule has 1 unspecified atom stereocenters. The number of nitrogens with zero attached hydrogens (tertiary/aromatic N) is 6. The number of fused-ring (bicyclic) bond motifs is 3. The number of hydrogen-bond donors (Lipinski definition) is 2. The smallest absolute Gasteiger partial charge is 0.251 e. The third-order valence-corrected chi connectivity index (χ3v) is 6.00. The maximum atomic E-state index is 14.7. The fourth-order valence-electron chi connectivity index (χ4n) is 4.27. The van der Waals surface area contributed by atoms with Crippen molar-refractivity contribution in [2.45, 2.75) is 58.5 Å². The van der Waals surface area contributed by atoms with Gasteiger partial charge in [0.1, 0.15) is 17.8 Å². The number of unbranched alkanes of at least 4 members (excludes halogenated alkanes) is 1. The number of rotatable bonds is 8. The zero-order valence-corrected chi connectivity index (χ0v) is 19.3. The first-order chi connectivity index (χ1) is 16.0. The number of amides is 1. The minimum absolute atomic E-state index is 0.0261. The summed E-state index contributed by atoms with van der Waals surface area (Å²) in [5.74, 6) is 1.00. The molecule has 1 aliphatic heterocycles. The molecule has 2 atom stereocenters. The first-order valence-electron chi connectivity index (χ1n) is 11.3. The molecule has 0 aliphatic carbocycles. The van der Waals surface area contributed by atoms with Gasteiger partial charge in [-0.05, 0) is 38.0 Å². The second-order valence-electron chi connectivity index (χ2n) is 8.18. The van der Waals surface area contributed by atoms with Crippen LogP contribution in [0.5, 0.6) is 0 Å². The lowest BCUT2D eigenvalue weighted by Crippen LogP contribution is -2.41. The van der Waals surface area contributed by atoms with Gasteiger partial charge in [-0.15, -0.1) is 10.2 Å². The third-order valence-electron chi connectivity index (χ3n) is 6.00. The normalized spacial score (nSPS) is 15.5. The summed E-state index contributed by atoms with van der Waals surface area (Å²) in [7, 11) is 1.51. The monoisotopic (exact) mass is 452 g/mol. The van der Waals surface area contributed by atoms with Crippen molar-refractivity contribution < 1.29 is 9.18 Å². The molecule has 1 amide bonds. The minimum Gasteiger partial charge on any atom is -0.355 e. The number of aromatic nitrogens is 5. The van der Waals surface area contributed by atoms with E-state index >= 15 is 0 Å². The molecule has 3 aromatic rings. The van der Waals surface area contributed by atoms with Gasteiger partial charge < -0.3 is 15.5 Å². The van der Waals surface area contributed by atoms with Crippen molar-refractivity contribution in [3.05, 3.63) is 47.9 Å². The molecule has 0 saturated heterocycles. The molecule has 0 saturated carbocycles. The van der Waals surface area contributed by atoms with Crippen molar-refractivity contribution in [1.29, 1.82) is 0 Å². The molecule has 3 heterocycles. The van der Waals surface area contributed by atoms with E-state index in [4.69, 9.17) is 4.98 Å². The molecule has 33 heavy (non-hydrogen) atoms. The van der Waals surface area contributed by atoms with Crippen molar-refractivity contribution in [3.8, 4) is 5.69 Å². The minimum atomic E-state index is -0.557. The van der Waals surface area contributed by atoms with Gasteiger partial charge >= 0.3 is 0 Å². The van der Waals surface area contributed by atoms with Crippen LogP contribution >= 0.6 is 0 Å². The molecule has 10 heteroatoms. The summed E-state index contributed by atoms with van der Waals surface area (Å²) < 4.78 is 16.6. The first kappa shape index (κ1) is 22.6. The number of hydrogen-bond acceptors (Lipinski definition) is 7. The SMILES string of the molecule is CCCCC(C)N1c2nc(Nc3ccc(C(=O)NC)cc3F)ncc2-n2cnnc2[C@H]1CC. The second-order valence-corrected chi connectivity index (χ2v) is 8.18. The molecule has 2 N–H and O–H groups in total. The predicted molar refractivity (Wildman–Crippen MR) is 125 cm³/mol. The molecule has 1 aliphatic rings. The number of benzene rings is 1. The Bertz CT molecular complexity index is 1150. The van der Waals surface area contributed by atoms with E-state index in [0.717, 1.165) is 43.0 Å². The average Bonchev–Trinajstić information content (AvgIpc) is 3.32. The number of nitrogens with one attached hydrogen (secondary N) is 2. The van der Waals surface area contributed by atoms with Crippen LogP contribution in [0.2, 0.25) is 0 Å². The van der Waals surface area contributed by atoms with Crippen LogP contribution in [-0.2, 0) is 0 Å². The van der Waals surface area contributed by atoms with Gasteiger partial charge in [-0.2, -0.15) is 4.98 Å². The Hall–Kier alpha value is -3.56. The zero-order valence-electron chi connectivity index (χ0n) is 19.3. The number of carbonyl (C=O) groups excluding carboxylic acids is 1. The summed E-state index contributed by atoms with van der Waals surface area (Å²) in [5.41, 5.74) is 1.24. The highest BCUT2D eigenvalue weighted by molar-refractivity contribution is 5.94. The Labute approximate surface area is 192 Å². The van der Waals surface area contributed by atoms with E-state index in [9.17, 15) is 9.18 Å². The lowest BCUT2D eigenvalue weighted by molar-refractivity contribution is 0.0962. The number of halogens is 1. The number of carbonyl (C=O) groups is 1. The van der Waals surface area contributed by atoms with E-state index in [0.29, 0.717) is 0 Å². The summed E-state index contributed by atoms with van der Waals surface area (Å²) in [6.45, 7) is 6.50. The highest BCUT2D eigenvalue weighted by Crippen LogP contribution is 2.40. The summed E-state index contributed by atoms with van der Waals surface area (Å²) in [6, 6.07) is 4.51. The second kappa shape index (κ2) is 9.51. The van der Waals surface area contributed by atoms with E-state index in [1.807, 2.05) is 4.57 Å². The Balaban J connectivity index is 1.71. The van der Waals surface area contributed by atoms with Crippen molar-refractivity contribution in [1.82, 2.24) is 30.0 Å². The van der Waals surface area contributed by atoms with Gasteiger partial charge in [-0.1, -0.05) is 26.7 Å². The van der Waals surface area contributed by atoms with Crippen molar-refractivity contribution in [2.75, 3.05) is 17.3 Å². The van der Waals surface area contributed by atoms with Crippen molar-refractivity contribution >= 4 is 23.4 Å². The molecule has 9 nitrogen and oxygen atoms in total. The maximum absolute atomic E-state index is 14.7. The van der Waals surface area contributed by atoms with E-state index in [1.165, 1.54) is 19.2 Å². The van der Waals surface area contributed by atoms with Gasteiger partial charge in [-0.25, -0.2) is 9.37 Å². The standard InChI is InChI=1S/C23H29FN8O/c1-5-7-8-14(3)32-18(6-2)21-30-27-13-31(21)19-12-26-23(29-20(19)32)28-17-10-9-15(11-16(17)24)22(33)25-4/h9-14,18H,5-8H2,1-4H3,(H,25,33)(H,26,28,29)/t14?,18-/m1/s1. The van der Waals surface area contributed by atoms with Crippen molar-refractivity contribution in [3.63, 3.8) is 0 Å². The van der Waals surface area contributed by atoms with E-state index in [-0.39, 0.29) is 35.2 Å². The number of anilines is 3. The molecule has 0 fully saturated rings. The summed E-state index contributed by atoms with van der Waals surface area (Å²) in [6.07, 6.45) is 7.47. The molecule has 0 spiro atoms. The van der Waals surface area contributed by atoms with E-state index in [1.54, 1.807) is 18.6 Å². The molecule has 4 rings (SSSR count). The Morgan fingerprint density at radius 3 is 2.82 bits per heavy atom.